The number of aromatic nitrogens is 1. The molecule has 1 amide bonds. The monoisotopic (exact) mass is 311 g/mol. The fourth-order valence-electron chi connectivity index (χ4n) is 2.85. The van der Waals surface area contributed by atoms with Crippen molar-refractivity contribution in [2.24, 2.45) is 0 Å². The molecule has 0 radical (unpaired) electrons. The fraction of sp³-hybridized carbons (Fsp3) is 0.733. The quantitative estimate of drug-likeness (QED) is 0.866. The van der Waals surface area contributed by atoms with Gasteiger partial charge in [-0.05, 0) is 33.2 Å². The van der Waals surface area contributed by atoms with Crippen molar-refractivity contribution in [1.29, 1.82) is 0 Å². The van der Waals surface area contributed by atoms with Crippen LogP contribution in [0.5, 0.6) is 0 Å². The third kappa shape index (κ3) is 3.74. The zero-order chi connectivity index (χ0) is 15.4. The van der Waals surface area contributed by atoms with Gasteiger partial charge in [-0.2, -0.15) is 0 Å². The van der Waals surface area contributed by atoms with Crippen molar-refractivity contribution in [1.82, 2.24) is 14.8 Å². The molecule has 1 unspecified atom stereocenters. The molecule has 1 fully saturated rings. The van der Waals surface area contributed by atoms with E-state index in [9.17, 15) is 9.59 Å². The summed E-state index contributed by atoms with van der Waals surface area (Å²) in [6, 6.07) is 0.319. The van der Waals surface area contributed by atoms with Crippen molar-refractivity contribution in [2.75, 3.05) is 19.6 Å². The van der Waals surface area contributed by atoms with Gasteiger partial charge in [-0.1, -0.05) is 18.3 Å². The van der Waals surface area contributed by atoms with Crippen molar-refractivity contribution in [3.05, 3.63) is 20.2 Å². The summed E-state index contributed by atoms with van der Waals surface area (Å²) in [5.41, 5.74) is 0.988. The number of carbonyl (C=O) groups excluding carboxylic acids is 1. The first-order valence-electron chi connectivity index (χ1n) is 7.71. The molecular formula is C15H25N3O2S. The highest BCUT2D eigenvalue weighted by molar-refractivity contribution is 7.09. The average molecular weight is 311 g/mol. The van der Waals surface area contributed by atoms with Crippen LogP contribution in [0.1, 0.15) is 36.8 Å². The Kier molecular flexibility index (Phi) is 5.58. The third-order valence-corrected chi connectivity index (χ3v) is 5.18. The zero-order valence-corrected chi connectivity index (χ0v) is 14.0. The minimum atomic E-state index is 0.0439. The smallest absolute Gasteiger partial charge is 0.307 e. The molecule has 0 aliphatic carbocycles. The molecule has 1 saturated heterocycles. The maximum absolute atomic E-state index is 12.5. The van der Waals surface area contributed by atoms with Crippen LogP contribution in [0.2, 0.25) is 0 Å². The lowest BCUT2D eigenvalue weighted by Gasteiger charge is -2.28. The first-order chi connectivity index (χ1) is 10.0. The van der Waals surface area contributed by atoms with E-state index in [1.54, 1.807) is 4.57 Å². The molecule has 2 rings (SSSR count). The molecule has 21 heavy (non-hydrogen) atoms. The van der Waals surface area contributed by atoms with E-state index in [1.165, 1.54) is 11.3 Å². The van der Waals surface area contributed by atoms with Gasteiger partial charge in [-0.15, -0.1) is 0 Å². The Labute approximate surface area is 130 Å². The number of aryl methyl sites for hydroxylation is 1. The van der Waals surface area contributed by atoms with Gasteiger partial charge < -0.3 is 14.8 Å². The van der Waals surface area contributed by atoms with E-state index < -0.39 is 0 Å². The number of thiazole rings is 1. The second-order valence-electron chi connectivity index (χ2n) is 5.64. The zero-order valence-electron chi connectivity index (χ0n) is 13.1. The van der Waals surface area contributed by atoms with Gasteiger partial charge in [-0.25, -0.2) is 0 Å². The molecule has 1 aromatic rings. The molecule has 0 spiro atoms. The molecule has 1 aliphatic heterocycles. The summed E-state index contributed by atoms with van der Waals surface area (Å²) in [5, 5.41) is 3.31. The maximum Gasteiger partial charge on any atom is 0.307 e. The lowest BCUT2D eigenvalue weighted by atomic mass is 10.2. The highest BCUT2D eigenvalue weighted by Gasteiger charge is 2.25. The molecule has 2 heterocycles. The van der Waals surface area contributed by atoms with E-state index in [1.807, 2.05) is 18.7 Å². The summed E-state index contributed by atoms with van der Waals surface area (Å²) >= 11 is 1.26. The predicted octanol–water partition coefficient (Wildman–Crippen LogP) is 1.52. The Balaban J connectivity index is 2.00. The molecule has 0 saturated carbocycles. The lowest BCUT2D eigenvalue weighted by molar-refractivity contribution is -0.133. The van der Waals surface area contributed by atoms with Gasteiger partial charge in [-0.3, -0.25) is 9.59 Å². The molecule has 0 aromatic carbocycles. The summed E-state index contributed by atoms with van der Waals surface area (Å²) < 4.78 is 1.73. The Morgan fingerprint density at radius 3 is 2.76 bits per heavy atom. The first kappa shape index (κ1) is 16.2. The summed E-state index contributed by atoms with van der Waals surface area (Å²) in [4.78, 5) is 27.5. The highest BCUT2D eigenvalue weighted by atomic mass is 32.1. The number of hydrogen-bond acceptors (Lipinski definition) is 4. The van der Waals surface area contributed by atoms with Crippen LogP contribution < -0.4 is 10.2 Å². The van der Waals surface area contributed by atoms with Gasteiger partial charge in [0.1, 0.15) is 0 Å². The standard InChI is InChI=1S/C15H25N3O2S/c1-4-8-18(13-5-7-16-10-13)14(19)6-9-17-11(2)12(3)21-15(17)20/h13,16H,4-10H2,1-3H3. The minimum absolute atomic E-state index is 0.0439. The molecule has 1 aliphatic rings. The molecule has 1 N–H and O–H groups in total. The molecule has 6 heteroatoms. The summed E-state index contributed by atoms with van der Waals surface area (Å²) in [7, 11) is 0. The van der Waals surface area contributed by atoms with Crippen molar-refractivity contribution >= 4 is 17.2 Å². The molecule has 1 atom stereocenters. The Morgan fingerprint density at radius 2 is 2.24 bits per heavy atom. The van der Waals surface area contributed by atoms with Crippen molar-refractivity contribution in [2.45, 2.75) is 52.6 Å². The predicted molar refractivity (Wildman–Crippen MR) is 85.9 cm³/mol. The molecular weight excluding hydrogens is 286 g/mol. The van der Waals surface area contributed by atoms with Gasteiger partial charge in [0.05, 0.1) is 0 Å². The number of carbonyl (C=O) groups is 1. The van der Waals surface area contributed by atoms with Crippen LogP contribution in [0.3, 0.4) is 0 Å². The number of rotatable bonds is 6. The van der Waals surface area contributed by atoms with Crippen molar-refractivity contribution in [3.63, 3.8) is 0 Å². The van der Waals surface area contributed by atoms with E-state index in [2.05, 4.69) is 12.2 Å². The number of nitrogens with zero attached hydrogens (tertiary/aromatic N) is 2. The van der Waals surface area contributed by atoms with Crippen LogP contribution in [0.25, 0.3) is 0 Å². The van der Waals surface area contributed by atoms with Crippen molar-refractivity contribution in [3.8, 4) is 0 Å². The first-order valence-corrected chi connectivity index (χ1v) is 8.53. The number of amides is 1. The van der Waals surface area contributed by atoms with Crippen molar-refractivity contribution < 1.29 is 4.79 Å². The number of nitrogens with one attached hydrogen (secondary N) is 1. The van der Waals surface area contributed by atoms with E-state index in [4.69, 9.17) is 0 Å². The van der Waals surface area contributed by atoms with Crippen LogP contribution >= 0.6 is 11.3 Å². The molecule has 118 valence electrons. The summed E-state index contributed by atoms with van der Waals surface area (Å²) in [6.07, 6.45) is 2.41. The summed E-state index contributed by atoms with van der Waals surface area (Å²) in [6.45, 7) is 9.17. The Morgan fingerprint density at radius 1 is 1.48 bits per heavy atom. The maximum atomic E-state index is 12.5. The van der Waals surface area contributed by atoms with Crippen LogP contribution in [0.4, 0.5) is 0 Å². The second-order valence-corrected chi connectivity index (χ2v) is 6.81. The van der Waals surface area contributed by atoms with Gasteiger partial charge in [0.15, 0.2) is 0 Å². The fourth-order valence-corrected chi connectivity index (χ4v) is 3.71. The number of hydrogen-bond donors (Lipinski definition) is 1. The SMILES string of the molecule is CCCN(C(=O)CCn1c(C)c(C)sc1=O)C1CCNC1. The summed E-state index contributed by atoms with van der Waals surface area (Å²) in [5.74, 6) is 0.167. The van der Waals surface area contributed by atoms with Crippen LogP contribution in [0.15, 0.2) is 4.79 Å². The van der Waals surface area contributed by atoms with Gasteiger partial charge in [0, 0.05) is 42.7 Å². The highest BCUT2D eigenvalue weighted by Crippen LogP contribution is 2.13. The largest absolute Gasteiger partial charge is 0.338 e. The van der Waals surface area contributed by atoms with Crippen LogP contribution in [-0.4, -0.2) is 41.1 Å². The molecule has 0 bridgehead atoms. The minimum Gasteiger partial charge on any atom is -0.338 e. The third-order valence-electron chi connectivity index (χ3n) is 4.18. The van der Waals surface area contributed by atoms with E-state index in [-0.39, 0.29) is 10.8 Å². The average Bonchev–Trinajstić information content (AvgIpc) is 3.05. The normalized spacial score (nSPS) is 18.1. The van der Waals surface area contributed by atoms with Crippen LogP contribution in [-0.2, 0) is 11.3 Å². The molecule has 1 aromatic heterocycles. The van der Waals surface area contributed by atoms with Crippen LogP contribution in [0, 0.1) is 13.8 Å². The lowest BCUT2D eigenvalue weighted by Crippen LogP contribution is -2.42. The van der Waals surface area contributed by atoms with Gasteiger partial charge in [0.25, 0.3) is 0 Å². The van der Waals surface area contributed by atoms with Gasteiger partial charge >= 0.3 is 4.87 Å². The van der Waals surface area contributed by atoms with E-state index >= 15 is 0 Å². The van der Waals surface area contributed by atoms with E-state index in [0.717, 1.165) is 43.0 Å². The van der Waals surface area contributed by atoms with Gasteiger partial charge in [0.2, 0.25) is 5.91 Å². The second kappa shape index (κ2) is 7.22. The van der Waals surface area contributed by atoms with E-state index in [0.29, 0.717) is 19.0 Å². The topological polar surface area (TPSA) is 54.3 Å². The molecule has 5 nitrogen and oxygen atoms in total. The Hall–Kier alpha value is -1.14. The Bertz CT molecular complexity index is 544.